The number of thiazole rings is 1. The minimum Gasteiger partial charge on any atom is -0.465 e. The highest BCUT2D eigenvalue weighted by molar-refractivity contribution is 7.13. The number of nitrogens with one attached hydrogen (secondary N) is 1. The number of nitrogens with two attached hydrogens (primary N) is 1. The van der Waals surface area contributed by atoms with Crippen molar-refractivity contribution >= 4 is 34.0 Å². The van der Waals surface area contributed by atoms with Crippen LogP contribution in [-0.4, -0.2) is 24.0 Å². The third kappa shape index (κ3) is 3.33. The number of nitrogen functional groups attached to an aromatic ring is 1. The van der Waals surface area contributed by atoms with Crippen LogP contribution >= 0.6 is 11.3 Å². The van der Waals surface area contributed by atoms with Gasteiger partial charge in [-0.1, -0.05) is 12.1 Å². The first-order valence-corrected chi connectivity index (χ1v) is 6.65. The molecule has 0 spiro atoms. The van der Waals surface area contributed by atoms with E-state index in [1.165, 1.54) is 18.4 Å². The molecule has 6 nitrogen and oxygen atoms in total. The highest BCUT2D eigenvalue weighted by Crippen LogP contribution is 2.17. The van der Waals surface area contributed by atoms with E-state index >= 15 is 0 Å². The quantitative estimate of drug-likeness (QED) is 0.836. The summed E-state index contributed by atoms with van der Waals surface area (Å²) in [6, 6.07) is 6.65. The Hall–Kier alpha value is -2.41. The zero-order valence-electron chi connectivity index (χ0n) is 10.8. The fourth-order valence-corrected chi connectivity index (χ4v) is 2.21. The van der Waals surface area contributed by atoms with Crippen molar-refractivity contribution in [1.82, 2.24) is 4.98 Å². The summed E-state index contributed by atoms with van der Waals surface area (Å²) in [5, 5.41) is 4.81. The second kappa shape index (κ2) is 6.16. The maximum atomic E-state index is 11.9. The largest absolute Gasteiger partial charge is 0.465 e. The maximum absolute atomic E-state index is 11.9. The standard InChI is InChI=1S/C13H13N3O3S/c1-19-12(18)9-4-2-3-5-10(9)16-11(17)6-8-7-20-13(14)15-8/h2-5,7H,6H2,1H3,(H2,14,15)(H,16,17). The van der Waals surface area contributed by atoms with Crippen molar-refractivity contribution in [2.45, 2.75) is 6.42 Å². The topological polar surface area (TPSA) is 94.3 Å². The molecule has 1 heterocycles. The molecular formula is C13H13N3O3S. The van der Waals surface area contributed by atoms with Crippen molar-refractivity contribution < 1.29 is 14.3 Å². The highest BCUT2D eigenvalue weighted by atomic mass is 32.1. The van der Waals surface area contributed by atoms with E-state index in [4.69, 9.17) is 5.73 Å². The lowest BCUT2D eigenvalue weighted by molar-refractivity contribution is -0.115. The molecule has 0 aliphatic heterocycles. The third-order valence-corrected chi connectivity index (χ3v) is 3.24. The molecule has 2 aromatic rings. The predicted octanol–water partition coefficient (Wildman–Crippen LogP) is 1.69. The van der Waals surface area contributed by atoms with Crippen LogP contribution in [0.5, 0.6) is 0 Å². The van der Waals surface area contributed by atoms with Gasteiger partial charge in [0.2, 0.25) is 5.91 Å². The van der Waals surface area contributed by atoms with Gasteiger partial charge < -0.3 is 15.8 Å². The fourth-order valence-electron chi connectivity index (χ4n) is 1.64. The van der Waals surface area contributed by atoms with Crippen molar-refractivity contribution in [3.63, 3.8) is 0 Å². The van der Waals surface area contributed by atoms with E-state index in [9.17, 15) is 9.59 Å². The van der Waals surface area contributed by atoms with Crippen LogP contribution in [-0.2, 0) is 16.0 Å². The molecule has 1 aromatic carbocycles. The highest BCUT2D eigenvalue weighted by Gasteiger charge is 2.14. The molecule has 1 aromatic heterocycles. The first kappa shape index (κ1) is 14.0. The summed E-state index contributed by atoms with van der Waals surface area (Å²) in [7, 11) is 1.29. The van der Waals surface area contributed by atoms with Crippen LogP contribution in [0, 0.1) is 0 Å². The molecule has 1 amide bonds. The average molecular weight is 291 g/mol. The summed E-state index contributed by atoms with van der Waals surface area (Å²) in [6.07, 6.45) is 0.100. The molecule has 0 saturated carbocycles. The number of aromatic nitrogens is 1. The van der Waals surface area contributed by atoms with E-state index in [1.807, 2.05) is 0 Å². The van der Waals surface area contributed by atoms with Crippen LogP contribution in [0.3, 0.4) is 0 Å². The van der Waals surface area contributed by atoms with Gasteiger partial charge in [0.1, 0.15) is 0 Å². The number of hydrogen-bond acceptors (Lipinski definition) is 6. The number of para-hydroxylation sites is 1. The molecule has 3 N–H and O–H groups in total. The summed E-state index contributed by atoms with van der Waals surface area (Å²) in [5.74, 6) is -0.773. The zero-order chi connectivity index (χ0) is 14.5. The first-order chi connectivity index (χ1) is 9.60. The third-order valence-electron chi connectivity index (χ3n) is 2.52. The van der Waals surface area contributed by atoms with E-state index in [-0.39, 0.29) is 12.3 Å². The Labute approximate surface area is 119 Å². The molecule has 0 atom stereocenters. The van der Waals surface area contributed by atoms with Gasteiger partial charge in [-0.3, -0.25) is 4.79 Å². The number of amides is 1. The normalized spacial score (nSPS) is 10.1. The van der Waals surface area contributed by atoms with E-state index in [2.05, 4.69) is 15.0 Å². The first-order valence-electron chi connectivity index (χ1n) is 5.77. The Morgan fingerprint density at radius 3 is 2.80 bits per heavy atom. The molecule has 0 radical (unpaired) electrons. The number of benzene rings is 1. The van der Waals surface area contributed by atoms with Gasteiger partial charge in [-0.25, -0.2) is 9.78 Å². The lowest BCUT2D eigenvalue weighted by Gasteiger charge is -2.08. The van der Waals surface area contributed by atoms with Crippen LogP contribution in [0.15, 0.2) is 29.6 Å². The second-order valence-corrected chi connectivity index (χ2v) is 4.83. The molecule has 0 aliphatic rings. The molecule has 0 fully saturated rings. The van der Waals surface area contributed by atoms with E-state index in [0.717, 1.165) is 0 Å². The van der Waals surface area contributed by atoms with E-state index in [1.54, 1.807) is 29.6 Å². The SMILES string of the molecule is COC(=O)c1ccccc1NC(=O)Cc1csc(N)n1. The van der Waals surface area contributed by atoms with Gasteiger partial charge in [-0.05, 0) is 12.1 Å². The average Bonchev–Trinajstić information content (AvgIpc) is 2.83. The van der Waals surface area contributed by atoms with Crippen LogP contribution in [0.25, 0.3) is 0 Å². The van der Waals surface area contributed by atoms with Crippen LogP contribution in [0.4, 0.5) is 10.8 Å². The molecule has 0 aliphatic carbocycles. The fraction of sp³-hybridized carbons (Fsp3) is 0.154. The minimum atomic E-state index is -0.501. The lowest BCUT2D eigenvalue weighted by Crippen LogP contribution is -2.17. The monoisotopic (exact) mass is 291 g/mol. The number of anilines is 2. The Bertz CT molecular complexity index is 639. The number of methoxy groups -OCH3 is 1. The van der Waals surface area contributed by atoms with Crippen molar-refractivity contribution in [3.8, 4) is 0 Å². The molecule has 104 valence electrons. The minimum absolute atomic E-state index is 0.100. The number of nitrogens with zero attached hydrogens (tertiary/aromatic N) is 1. The Balaban J connectivity index is 2.10. The van der Waals surface area contributed by atoms with Crippen LogP contribution in [0.2, 0.25) is 0 Å². The number of ether oxygens (including phenoxy) is 1. The lowest BCUT2D eigenvalue weighted by atomic mass is 10.1. The van der Waals surface area contributed by atoms with Gasteiger partial charge in [-0.2, -0.15) is 0 Å². The summed E-state index contributed by atoms with van der Waals surface area (Å²) in [6.45, 7) is 0. The van der Waals surface area contributed by atoms with Gasteiger partial charge in [0.15, 0.2) is 5.13 Å². The van der Waals surface area contributed by atoms with Gasteiger partial charge >= 0.3 is 5.97 Å². The van der Waals surface area contributed by atoms with Crippen LogP contribution in [0.1, 0.15) is 16.1 Å². The van der Waals surface area contributed by atoms with Crippen molar-refractivity contribution in [2.24, 2.45) is 0 Å². The van der Waals surface area contributed by atoms with Crippen LogP contribution < -0.4 is 11.1 Å². The number of esters is 1. The number of rotatable bonds is 4. The zero-order valence-corrected chi connectivity index (χ0v) is 11.6. The van der Waals surface area contributed by atoms with Gasteiger partial charge in [0.05, 0.1) is 30.5 Å². The van der Waals surface area contributed by atoms with Gasteiger partial charge in [0.25, 0.3) is 0 Å². The smallest absolute Gasteiger partial charge is 0.339 e. The summed E-state index contributed by atoms with van der Waals surface area (Å²) >= 11 is 1.28. The molecule has 0 unspecified atom stereocenters. The molecule has 0 saturated heterocycles. The maximum Gasteiger partial charge on any atom is 0.339 e. The van der Waals surface area contributed by atoms with Crippen molar-refractivity contribution in [3.05, 3.63) is 40.9 Å². The van der Waals surface area contributed by atoms with Gasteiger partial charge in [-0.15, -0.1) is 11.3 Å². The molecule has 2 rings (SSSR count). The molecular weight excluding hydrogens is 278 g/mol. The predicted molar refractivity (Wildman–Crippen MR) is 76.6 cm³/mol. The van der Waals surface area contributed by atoms with E-state index < -0.39 is 5.97 Å². The number of hydrogen-bond donors (Lipinski definition) is 2. The second-order valence-electron chi connectivity index (χ2n) is 3.94. The molecule has 20 heavy (non-hydrogen) atoms. The molecule has 7 heteroatoms. The Morgan fingerprint density at radius 1 is 1.40 bits per heavy atom. The molecule has 0 bridgehead atoms. The van der Waals surface area contributed by atoms with Gasteiger partial charge in [0, 0.05) is 5.38 Å². The van der Waals surface area contributed by atoms with E-state index in [0.29, 0.717) is 22.1 Å². The summed E-state index contributed by atoms with van der Waals surface area (Å²) < 4.78 is 4.66. The van der Waals surface area contributed by atoms with Crippen molar-refractivity contribution in [1.29, 1.82) is 0 Å². The summed E-state index contributed by atoms with van der Waals surface area (Å²) in [5.41, 5.74) is 6.82. The Kier molecular flexibility index (Phi) is 4.31. The summed E-state index contributed by atoms with van der Waals surface area (Å²) in [4.78, 5) is 27.5. The van der Waals surface area contributed by atoms with Crippen molar-refractivity contribution in [2.75, 3.05) is 18.2 Å². The number of carbonyl (C=O) groups excluding carboxylic acids is 2. The number of carbonyl (C=O) groups is 2. The Morgan fingerprint density at radius 2 is 2.15 bits per heavy atom.